The summed E-state index contributed by atoms with van der Waals surface area (Å²) < 4.78 is 5.46. The molecule has 1 aliphatic rings. The highest BCUT2D eigenvalue weighted by Crippen LogP contribution is 2.15. The van der Waals surface area contributed by atoms with Crippen LogP contribution in [0.15, 0.2) is 4.79 Å². The minimum Gasteiger partial charge on any atom is -0.383 e. The minimum atomic E-state index is -0.157. The topological polar surface area (TPSA) is 81.0 Å². The minimum absolute atomic E-state index is 0.157. The van der Waals surface area contributed by atoms with Gasteiger partial charge in [-0.25, -0.2) is 4.98 Å². The van der Waals surface area contributed by atoms with Gasteiger partial charge >= 0.3 is 0 Å². The van der Waals surface area contributed by atoms with Gasteiger partial charge in [0.05, 0.1) is 11.7 Å². The summed E-state index contributed by atoms with van der Waals surface area (Å²) in [5, 5.41) is 0. The SMILES string of the molecule is Cc1c(N)nc(CC2CCCO2)[nH]c1=O. The van der Waals surface area contributed by atoms with Crippen molar-refractivity contribution in [1.29, 1.82) is 0 Å². The Morgan fingerprint density at radius 1 is 1.67 bits per heavy atom. The standard InChI is InChI=1S/C10H15N3O2/c1-6-9(11)12-8(13-10(6)14)5-7-3-2-4-15-7/h7H,2-5H2,1H3,(H3,11,12,13,14). The lowest BCUT2D eigenvalue weighted by molar-refractivity contribution is 0.110. The molecule has 0 aliphatic carbocycles. The van der Waals surface area contributed by atoms with Crippen LogP contribution < -0.4 is 11.3 Å². The second-order valence-corrected chi connectivity index (χ2v) is 3.86. The van der Waals surface area contributed by atoms with Crippen molar-refractivity contribution in [2.45, 2.75) is 32.3 Å². The lowest BCUT2D eigenvalue weighted by Gasteiger charge is -2.09. The molecule has 0 aromatic carbocycles. The number of ether oxygens (including phenoxy) is 1. The Kier molecular flexibility index (Phi) is 2.73. The summed E-state index contributed by atoms with van der Waals surface area (Å²) in [6.07, 6.45) is 2.92. The molecular formula is C10H15N3O2. The van der Waals surface area contributed by atoms with Crippen molar-refractivity contribution in [2.75, 3.05) is 12.3 Å². The van der Waals surface area contributed by atoms with E-state index in [0.717, 1.165) is 19.4 Å². The summed E-state index contributed by atoms with van der Waals surface area (Å²) in [5.41, 5.74) is 5.94. The van der Waals surface area contributed by atoms with Crippen molar-refractivity contribution >= 4 is 5.82 Å². The summed E-state index contributed by atoms with van der Waals surface area (Å²) in [4.78, 5) is 18.3. The number of anilines is 1. The Bertz CT molecular complexity index is 408. The van der Waals surface area contributed by atoms with Crippen molar-refractivity contribution in [1.82, 2.24) is 9.97 Å². The van der Waals surface area contributed by atoms with Gasteiger partial charge in [0, 0.05) is 13.0 Å². The second kappa shape index (κ2) is 4.02. The highest BCUT2D eigenvalue weighted by Gasteiger charge is 2.17. The number of nitrogens with one attached hydrogen (secondary N) is 1. The van der Waals surface area contributed by atoms with E-state index in [4.69, 9.17) is 10.5 Å². The monoisotopic (exact) mass is 209 g/mol. The zero-order valence-electron chi connectivity index (χ0n) is 8.75. The van der Waals surface area contributed by atoms with E-state index in [9.17, 15) is 4.79 Å². The van der Waals surface area contributed by atoms with Gasteiger partial charge in [-0.15, -0.1) is 0 Å². The van der Waals surface area contributed by atoms with Crippen LogP contribution in [0.2, 0.25) is 0 Å². The first-order valence-corrected chi connectivity index (χ1v) is 5.13. The molecule has 15 heavy (non-hydrogen) atoms. The Hall–Kier alpha value is -1.36. The molecule has 0 bridgehead atoms. The molecule has 2 heterocycles. The quantitative estimate of drug-likeness (QED) is 0.738. The molecule has 0 saturated carbocycles. The van der Waals surface area contributed by atoms with Gasteiger partial charge in [0.15, 0.2) is 0 Å². The number of hydrogen-bond donors (Lipinski definition) is 2. The fourth-order valence-corrected chi connectivity index (χ4v) is 1.72. The van der Waals surface area contributed by atoms with Crippen LogP contribution in [-0.2, 0) is 11.2 Å². The van der Waals surface area contributed by atoms with E-state index >= 15 is 0 Å². The smallest absolute Gasteiger partial charge is 0.255 e. The fourth-order valence-electron chi connectivity index (χ4n) is 1.72. The van der Waals surface area contributed by atoms with Gasteiger partial charge in [0.2, 0.25) is 0 Å². The van der Waals surface area contributed by atoms with Crippen LogP contribution in [-0.4, -0.2) is 22.7 Å². The largest absolute Gasteiger partial charge is 0.383 e. The fraction of sp³-hybridized carbons (Fsp3) is 0.600. The normalized spacial score (nSPS) is 20.7. The Morgan fingerprint density at radius 3 is 3.07 bits per heavy atom. The number of nitrogen functional groups attached to an aromatic ring is 1. The molecule has 3 N–H and O–H groups in total. The molecule has 1 aromatic rings. The van der Waals surface area contributed by atoms with E-state index in [0.29, 0.717) is 23.6 Å². The molecule has 2 rings (SSSR count). The van der Waals surface area contributed by atoms with Gasteiger partial charge < -0.3 is 15.5 Å². The number of nitrogens with zero attached hydrogens (tertiary/aromatic N) is 1. The summed E-state index contributed by atoms with van der Waals surface area (Å²) in [6, 6.07) is 0. The molecule has 0 amide bonds. The molecule has 0 radical (unpaired) electrons. The van der Waals surface area contributed by atoms with Crippen molar-refractivity contribution in [3.63, 3.8) is 0 Å². The number of aromatic nitrogens is 2. The molecule has 5 heteroatoms. The maximum atomic E-state index is 11.4. The predicted molar refractivity (Wildman–Crippen MR) is 56.7 cm³/mol. The molecule has 1 aliphatic heterocycles. The summed E-state index contributed by atoms with van der Waals surface area (Å²) >= 11 is 0. The Balaban J connectivity index is 2.18. The van der Waals surface area contributed by atoms with Crippen LogP contribution in [0.5, 0.6) is 0 Å². The van der Waals surface area contributed by atoms with E-state index in [1.54, 1.807) is 6.92 Å². The maximum Gasteiger partial charge on any atom is 0.255 e. The lowest BCUT2D eigenvalue weighted by atomic mass is 10.2. The average molecular weight is 209 g/mol. The van der Waals surface area contributed by atoms with E-state index in [-0.39, 0.29) is 11.7 Å². The maximum absolute atomic E-state index is 11.4. The van der Waals surface area contributed by atoms with Crippen molar-refractivity contribution in [3.8, 4) is 0 Å². The molecule has 1 unspecified atom stereocenters. The number of H-pyrrole nitrogens is 1. The van der Waals surface area contributed by atoms with Crippen LogP contribution in [0.4, 0.5) is 5.82 Å². The third kappa shape index (κ3) is 2.18. The molecule has 82 valence electrons. The van der Waals surface area contributed by atoms with Crippen LogP contribution in [0.1, 0.15) is 24.2 Å². The van der Waals surface area contributed by atoms with Gasteiger partial charge in [0.25, 0.3) is 5.56 Å². The summed E-state index contributed by atoms with van der Waals surface area (Å²) in [7, 11) is 0. The first-order valence-electron chi connectivity index (χ1n) is 5.13. The molecular weight excluding hydrogens is 194 g/mol. The highest BCUT2D eigenvalue weighted by molar-refractivity contribution is 5.36. The Morgan fingerprint density at radius 2 is 2.47 bits per heavy atom. The highest BCUT2D eigenvalue weighted by atomic mass is 16.5. The predicted octanol–water partition coefficient (Wildman–Crippen LogP) is 0.382. The third-order valence-electron chi connectivity index (χ3n) is 2.68. The molecule has 5 nitrogen and oxygen atoms in total. The van der Waals surface area contributed by atoms with Gasteiger partial charge in [-0.05, 0) is 19.8 Å². The van der Waals surface area contributed by atoms with Crippen molar-refractivity contribution < 1.29 is 4.74 Å². The van der Waals surface area contributed by atoms with E-state index in [1.807, 2.05) is 0 Å². The van der Waals surface area contributed by atoms with E-state index in [1.165, 1.54) is 0 Å². The summed E-state index contributed by atoms with van der Waals surface area (Å²) in [6.45, 7) is 2.47. The lowest BCUT2D eigenvalue weighted by Crippen LogP contribution is -2.20. The zero-order valence-corrected chi connectivity index (χ0v) is 8.75. The molecule has 1 fully saturated rings. The third-order valence-corrected chi connectivity index (χ3v) is 2.68. The number of rotatable bonds is 2. The van der Waals surface area contributed by atoms with Gasteiger partial charge in [0.1, 0.15) is 11.6 Å². The number of aromatic amines is 1. The molecule has 1 aromatic heterocycles. The van der Waals surface area contributed by atoms with Gasteiger partial charge in [-0.3, -0.25) is 4.79 Å². The van der Waals surface area contributed by atoms with Crippen molar-refractivity contribution in [3.05, 3.63) is 21.7 Å². The number of hydrogen-bond acceptors (Lipinski definition) is 4. The van der Waals surface area contributed by atoms with Gasteiger partial charge in [-0.2, -0.15) is 0 Å². The van der Waals surface area contributed by atoms with E-state index in [2.05, 4.69) is 9.97 Å². The zero-order chi connectivity index (χ0) is 10.8. The van der Waals surface area contributed by atoms with E-state index < -0.39 is 0 Å². The van der Waals surface area contributed by atoms with Crippen LogP contribution in [0.25, 0.3) is 0 Å². The number of nitrogens with two attached hydrogens (primary N) is 1. The van der Waals surface area contributed by atoms with Crippen LogP contribution >= 0.6 is 0 Å². The first-order chi connectivity index (χ1) is 7.16. The summed E-state index contributed by atoms with van der Waals surface area (Å²) in [5.74, 6) is 0.932. The van der Waals surface area contributed by atoms with Gasteiger partial charge in [-0.1, -0.05) is 0 Å². The average Bonchev–Trinajstić information content (AvgIpc) is 2.66. The van der Waals surface area contributed by atoms with Crippen molar-refractivity contribution in [2.24, 2.45) is 0 Å². The molecule has 1 saturated heterocycles. The van der Waals surface area contributed by atoms with Crippen LogP contribution in [0.3, 0.4) is 0 Å². The second-order valence-electron chi connectivity index (χ2n) is 3.86. The molecule has 1 atom stereocenters. The Labute approximate surface area is 87.7 Å². The molecule has 0 spiro atoms. The first kappa shape index (κ1) is 10.2. The van der Waals surface area contributed by atoms with Crippen LogP contribution in [0, 0.1) is 6.92 Å².